The summed E-state index contributed by atoms with van der Waals surface area (Å²) in [7, 11) is 3.04. The highest BCUT2D eigenvalue weighted by atomic mass is 16.5. The molecule has 21 heavy (non-hydrogen) atoms. The molecule has 116 valence electrons. The Kier molecular flexibility index (Phi) is 6.52. The first-order valence-corrected chi connectivity index (χ1v) is 6.69. The molecule has 0 saturated carbocycles. The highest BCUT2D eigenvalue weighted by molar-refractivity contribution is 5.95. The van der Waals surface area contributed by atoms with E-state index in [9.17, 15) is 9.59 Å². The number of nitrogens with one attached hydrogen (secondary N) is 1. The van der Waals surface area contributed by atoms with Gasteiger partial charge in [0.25, 0.3) is 5.91 Å². The molecule has 0 bridgehead atoms. The van der Waals surface area contributed by atoms with Gasteiger partial charge < -0.3 is 19.9 Å². The highest BCUT2D eigenvalue weighted by Gasteiger charge is 2.12. The Morgan fingerprint density at radius 2 is 1.76 bits per heavy atom. The second-order valence-electron chi connectivity index (χ2n) is 4.85. The summed E-state index contributed by atoms with van der Waals surface area (Å²) in [4.78, 5) is 22.6. The lowest BCUT2D eigenvalue weighted by atomic mass is 10.1. The van der Waals surface area contributed by atoms with Crippen molar-refractivity contribution in [1.29, 1.82) is 0 Å². The van der Waals surface area contributed by atoms with Crippen LogP contribution in [-0.2, 0) is 4.79 Å². The van der Waals surface area contributed by atoms with E-state index in [-0.39, 0.29) is 18.2 Å². The van der Waals surface area contributed by atoms with Crippen LogP contribution in [0.25, 0.3) is 0 Å². The lowest BCUT2D eigenvalue weighted by Gasteiger charge is -2.12. The van der Waals surface area contributed by atoms with E-state index in [0.29, 0.717) is 30.0 Å². The second kappa shape index (κ2) is 8.14. The van der Waals surface area contributed by atoms with E-state index < -0.39 is 5.97 Å². The van der Waals surface area contributed by atoms with Gasteiger partial charge in [0, 0.05) is 24.6 Å². The smallest absolute Gasteiger partial charge is 0.303 e. The number of carbonyl (C=O) groups excluding carboxylic acids is 1. The van der Waals surface area contributed by atoms with Crippen LogP contribution >= 0.6 is 0 Å². The molecule has 0 aliphatic carbocycles. The molecule has 0 aromatic heterocycles. The van der Waals surface area contributed by atoms with E-state index in [1.807, 2.05) is 6.92 Å². The number of methoxy groups -OCH3 is 2. The average molecular weight is 295 g/mol. The monoisotopic (exact) mass is 295 g/mol. The molecule has 0 fully saturated rings. The summed E-state index contributed by atoms with van der Waals surface area (Å²) >= 11 is 0. The molecule has 1 aromatic carbocycles. The summed E-state index contributed by atoms with van der Waals surface area (Å²) in [6.07, 6.45) is 0.626. The summed E-state index contributed by atoms with van der Waals surface area (Å²) in [6.45, 7) is 2.32. The van der Waals surface area contributed by atoms with Gasteiger partial charge in [-0.05, 0) is 24.5 Å². The van der Waals surface area contributed by atoms with Gasteiger partial charge in [0.05, 0.1) is 14.2 Å². The molecule has 1 rings (SSSR count). The Morgan fingerprint density at radius 1 is 1.19 bits per heavy atom. The molecule has 0 aliphatic rings. The van der Waals surface area contributed by atoms with E-state index in [4.69, 9.17) is 14.6 Å². The summed E-state index contributed by atoms with van der Waals surface area (Å²) in [5, 5.41) is 11.4. The third kappa shape index (κ3) is 5.72. The molecule has 1 amide bonds. The van der Waals surface area contributed by atoms with Gasteiger partial charge in [-0.3, -0.25) is 9.59 Å². The molecule has 0 aliphatic heterocycles. The van der Waals surface area contributed by atoms with Gasteiger partial charge in [-0.1, -0.05) is 6.92 Å². The maximum Gasteiger partial charge on any atom is 0.303 e. The van der Waals surface area contributed by atoms with Gasteiger partial charge in [-0.15, -0.1) is 0 Å². The Bertz CT molecular complexity index is 479. The Hall–Kier alpha value is -2.24. The normalized spacial score (nSPS) is 11.6. The maximum absolute atomic E-state index is 12.1. The fourth-order valence-electron chi connectivity index (χ4n) is 1.78. The molecule has 6 heteroatoms. The van der Waals surface area contributed by atoms with Crippen LogP contribution in [0.5, 0.6) is 11.5 Å². The van der Waals surface area contributed by atoms with E-state index >= 15 is 0 Å². The van der Waals surface area contributed by atoms with Gasteiger partial charge in [0.15, 0.2) is 0 Å². The van der Waals surface area contributed by atoms with E-state index in [0.717, 1.165) is 0 Å². The van der Waals surface area contributed by atoms with E-state index in [2.05, 4.69) is 5.32 Å². The molecular formula is C15H21NO5. The fourth-order valence-corrected chi connectivity index (χ4v) is 1.78. The average Bonchev–Trinajstić information content (AvgIpc) is 2.49. The highest BCUT2D eigenvalue weighted by Crippen LogP contribution is 2.22. The van der Waals surface area contributed by atoms with Crippen LogP contribution < -0.4 is 14.8 Å². The number of hydrogen-bond acceptors (Lipinski definition) is 4. The molecule has 6 nitrogen and oxygen atoms in total. The number of rotatable bonds is 8. The summed E-state index contributed by atoms with van der Waals surface area (Å²) in [6, 6.07) is 4.94. The lowest BCUT2D eigenvalue weighted by molar-refractivity contribution is -0.137. The molecule has 0 spiro atoms. The van der Waals surface area contributed by atoms with Crippen LogP contribution in [0.1, 0.15) is 30.1 Å². The minimum Gasteiger partial charge on any atom is -0.497 e. The third-order valence-corrected chi connectivity index (χ3v) is 3.08. The Morgan fingerprint density at radius 3 is 2.24 bits per heavy atom. The third-order valence-electron chi connectivity index (χ3n) is 3.08. The van der Waals surface area contributed by atoms with Gasteiger partial charge in [0.1, 0.15) is 11.5 Å². The molecule has 1 aromatic rings. The summed E-state index contributed by atoms with van der Waals surface area (Å²) in [5.41, 5.74) is 0.441. The topological polar surface area (TPSA) is 84.9 Å². The van der Waals surface area contributed by atoms with Gasteiger partial charge >= 0.3 is 5.97 Å². The van der Waals surface area contributed by atoms with Crippen LogP contribution in [0.15, 0.2) is 18.2 Å². The number of carbonyl (C=O) groups is 2. The van der Waals surface area contributed by atoms with Crippen molar-refractivity contribution in [1.82, 2.24) is 5.32 Å². The summed E-state index contributed by atoms with van der Waals surface area (Å²) in [5.74, 6) is 0.106. The van der Waals surface area contributed by atoms with Gasteiger partial charge in [0.2, 0.25) is 0 Å². The number of carboxylic acids is 1. The van der Waals surface area contributed by atoms with Crippen LogP contribution in [0, 0.1) is 5.92 Å². The zero-order valence-corrected chi connectivity index (χ0v) is 12.5. The SMILES string of the molecule is COc1cc(OC)cc(C(=O)NCC(C)CCC(=O)O)c1. The minimum absolute atomic E-state index is 0.0950. The fraction of sp³-hybridized carbons (Fsp3) is 0.467. The zero-order chi connectivity index (χ0) is 15.8. The number of aliphatic carboxylic acids is 1. The Labute approximate surface area is 124 Å². The first kappa shape index (κ1) is 16.8. The van der Waals surface area contributed by atoms with Crippen LogP contribution in [0.4, 0.5) is 0 Å². The zero-order valence-electron chi connectivity index (χ0n) is 12.5. The first-order chi connectivity index (χ1) is 9.96. The van der Waals surface area contributed by atoms with Crippen molar-refractivity contribution in [3.05, 3.63) is 23.8 Å². The molecule has 1 atom stereocenters. The number of benzene rings is 1. The second-order valence-corrected chi connectivity index (χ2v) is 4.85. The number of carboxylic acid groups (broad SMARTS) is 1. The Balaban J connectivity index is 2.61. The first-order valence-electron chi connectivity index (χ1n) is 6.69. The summed E-state index contributed by atoms with van der Waals surface area (Å²) < 4.78 is 10.2. The standard InChI is InChI=1S/C15H21NO5/c1-10(4-5-14(17)18)9-16-15(19)11-6-12(20-2)8-13(7-11)21-3/h6-8,10H,4-5,9H2,1-3H3,(H,16,19)(H,17,18). The molecule has 0 radical (unpaired) electrons. The van der Waals surface area contributed by atoms with Crippen molar-refractivity contribution in [2.24, 2.45) is 5.92 Å². The van der Waals surface area contributed by atoms with Crippen LogP contribution in [-0.4, -0.2) is 37.7 Å². The van der Waals surface area contributed by atoms with E-state index in [1.165, 1.54) is 14.2 Å². The number of hydrogen-bond donors (Lipinski definition) is 2. The molecule has 1 unspecified atom stereocenters. The molecule has 0 saturated heterocycles. The van der Waals surface area contributed by atoms with Crippen LogP contribution in [0.3, 0.4) is 0 Å². The van der Waals surface area contributed by atoms with Crippen molar-refractivity contribution in [3.8, 4) is 11.5 Å². The minimum atomic E-state index is -0.828. The van der Waals surface area contributed by atoms with Crippen molar-refractivity contribution >= 4 is 11.9 Å². The van der Waals surface area contributed by atoms with Crippen molar-refractivity contribution in [3.63, 3.8) is 0 Å². The lowest BCUT2D eigenvalue weighted by Crippen LogP contribution is -2.28. The quantitative estimate of drug-likeness (QED) is 0.765. The van der Waals surface area contributed by atoms with Crippen molar-refractivity contribution in [2.75, 3.05) is 20.8 Å². The van der Waals surface area contributed by atoms with Gasteiger partial charge in [-0.2, -0.15) is 0 Å². The van der Waals surface area contributed by atoms with Gasteiger partial charge in [-0.25, -0.2) is 0 Å². The van der Waals surface area contributed by atoms with Crippen molar-refractivity contribution in [2.45, 2.75) is 19.8 Å². The molecule has 2 N–H and O–H groups in total. The van der Waals surface area contributed by atoms with Crippen molar-refractivity contribution < 1.29 is 24.2 Å². The molecule has 0 heterocycles. The number of ether oxygens (including phenoxy) is 2. The number of amides is 1. The maximum atomic E-state index is 12.1. The molecular weight excluding hydrogens is 274 g/mol. The predicted molar refractivity (Wildman–Crippen MR) is 77.9 cm³/mol. The van der Waals surface area contributed by atoms with Crippen LogP contribution in [0.2, 0.25) is 0 Å². The predicted octanol–water partition coefficient (Wildman–Crippen LogP) is 1.93. The largest absolute Gasteiger partial charge is 0.497 e. The van der Waals surface area contributed by atoms with E-state index in [1.54, 1.807) is 18.2 Å².